The molecule has 0 aromatic heterocycles. The third-order valence-electron chi connectivity index (χ3n) is 6.18. The van der Waals surface area contributed by atoms with E-state index in [2.05, 4.69) is 0 Å². The summed E-state index contributed by atoms with van der Waals surface area (Å²) in [4.78, 5) is 12.4. The molecule has 0 aliphatic heterocycles. The number of benzene rings is 1. The quantitative estimate of drug-likeness (QED) is 0.702. The molecule has 1 aromatic rings. The number of ketones is 1. The second-order valence-corrected chi connectivity index (χ2v) is 7.72. The van der Waals surface area contributed by atoms with Gasteiger partial charge < -0.3 is 0 Å². The maximum absolute atomic E-state index is 12.4. The number of Topliss-reactive ketones (excluding diaryl/α,β-unsaturated/α-hetero) is 1. The van der Waals surface area contributed by atoms with E-state index in [4.69, 9.17) is 11.6 Å². The highest BCUT2D eigenvalue weighted by molar-refractivity contribution is 6.33. The highest BCUT2D eigenvalue weighted by atomic mass is 35.5. The predicted octanol–water partition coefficient (Wildman–Crippen LogP) is 5.13. The molecular weight excluding hydrogens is 268 g/mol. The number of rotatable bonds is 4. The summed E-state index contributed by atoms with van der Waals surface area (Å²) in [5.41, 5.74) is 1.23. The summed E-state index contributed by atoms with van der Waals surface area (Å²) in [5, 5.41) is 0.604. The van der Waals surface area contributed by atoms with Gasteiger partial charge in [-0.2, -0.15) is 0 Å². The Morgan fingerprint density at radius 3 is 2.55 bits per heavy atom. The zero-order valence-electron chi connectivity index (χ0n) is 11.8. The van der Waals surface area contributed by atoms with Gasteiger partial charge in [0.15, 0.2) is 5.78 Å². The van der Waals surface area contributed by atoms with Crippen LogP contribution in [0.1, 0.15) is 55.3 Å². The lowest BCUT2D eigenvalue weighted by molar-refractivity contribution is 0.0938. The SMILES string of the molecule is O=C(CCC12CC3CC(CC1C3)C2)c1ccccc1Cl. The standard InChI is InChI=1S/C18H21ClO/c19-16-4-2-1-3-15(16)17(20)5-6-18-10-12-7-13(11-18)9-14(18)8-12/h1-4,12-14H,5-11H2. The van der Waals surface area contributed by atoms with E-state index in [0.29, 0.717) is 22.4 Å². The van der Waals surface area contributed by atoms with Crippen LogP contribution >= 0.6 is 11.6 Å². The fraction of sp³-hybridized carbons (Fsp3) is 0.611. The monoisotopic (exact) mass is 288 g/mol. The molecule has 106 valence electrons. The van der Waals surface area contributed by atoms with Crippen LogP contribution in [0.3, 0.4) is 0 Å². The second kappa shape index (κ2) is 4.59. The van der Waals surface area contributed by atoms with Crippen LogP contribution in [0.25, 0.3) is 0 Å². The van der Waals surface area contributed by atoms with Gasteiger partial charge in [0.1, 0.15) is 0 Å². The molecule has 5 rings (SSSR count). The minimum atomic E-state index is 0.233. The molecule has 4 fully saturated rings. The highest BCUT2D eigenvalue weighted by Gasteiger charge is 2.56. The molecule has 20 heavy (non-hydrogen) atoms. The van der Waals surface area contributed by atoms with Gasteiger partial charge in [-0.1, -0.05) is 23.7 Å². The largest absolute Gasteiger partial charge is 0.294 e. The molecule has 4 aliphatic rings. The van der Waals surface area contributed by atoms with Crippen molar-refractivity contribution in [1.29, 1.82) is 0 Å². The summed E-state index contributed by atoms with van der Waals surface area (Å²) in [7, 11) is 0. The number of carbonyl (C=O) groups is 1. The summed E-state index contributed by atoms with van der Waals surface area (Å²) < 4.78 is 0. The molecule has 1 nitrogen and oxygen atoms in total. The lowest BCUT2D eigenvalue weighted by atomic mass is 9.72. The van der Waals surface area contributed by atoms with Crippen molar-refractivity contribution in [3.8, 4) is 0 Å². The van der Waals surface area contributed by atoms with Crippen LogP contribution in [-0.4, -0.2) is 5.78 Å². The molecule has 0 amide bonds. The van der Waals surface area contributed by atoms with E-state index >= 15 is 0 Å². The first-order valence-electron chi connectivity index (χ1n) is 7.94. The van der Waals surface area contributed by atoms with Crippen LogP contribution < -0.4 is 0 Å². The molecular formula is C18H21ClO. The molecule has 4 aliphatic carbocycles. The van der Waals surface area contributed by atoms with Gasteiger partial charge in [-0.25, -0.2) is 0 Å². The number of hydrogen-bond acceptors (Lipinski definition) is 1. The minimum Gasteiger partial charge on any atom is -0.294 e. The van der Waals surface area contributed by atoms with Gasteiger partial charge in [0, 0.05) is 12.0 Å². The zero-order valence-corrected chi connectivity index (χ0v) is 12.5. The fourth-order valence-electron chi connectivity index (χ4n) is 5.56. The molecule has 2 unspecified atom stereocenters. The lowest BCUT2D eigenvalue weighted by Gasteiger charge is -2.32. The molecule has 2 atom stereocenters. The van der Waals surface area contributed by atoms with Gasteiger partial charge in [-0.15, -0.1) is 0 Å². The number of hydrogen-bond donors (Lipinski definition) is 0. The first kappa shape index (κ1) is 12.9. The topological polar surface area (TPSA) is 17.1 Å². The summed E-state index contributed by atoms with van der Waals surface area (Å²) in [5.74, 6) is 3.10. The smallest absolute Gasteiger partial charge is 0.164 e. The molecule has 4 saturated carbocycles. The number of halogens is 1. The summed E-state index contributed by atoms with van der Waals surface area (Å²) in [6.45, 7) is 0. The van der Waals surface area contributed by atoms with Gasteiger partial charge in [0.25, 0.3) is 0 Å². The molecule has 1 aromatic carbocycles. The Balaban J connectivity index is 1.46. The first-order chi connectivity index (χ1) is 9.66. The third kappa shape index (κ3) is 1.94. The Labute approximate surface area is 125 Å². The van der Waals surface area contributed by atoms with Gasteiger partial charge in [0.05, 0.1) is 5.02 Å². The van der Waals surface area contributed by atoms with Gasteiger partial charge in [-0.3, -0.25) is 4.79 Å². The molecule has 0 saturated heterocycles. The second-order valence-electron chi connectivity index (χ2n) is 7.31. The predicted molar refractivity (Wildman–Crippen MR) is 81.0 cm³/mol. The van der Waals surface area contributed by atoms with Gasteiger partial charge in [0.2, 0.25) is 0 Å². The van der Waals surface area contributed by atoms with E-state index in [1.54, 1.807) is 0 Å². The van der Waals surface area contributed by atoms with E-state index < -0.39 is 0 Å². The van der Waals surface area contributed by atoms with Crippen molar-refractivity contribution in [2.24, 2.45) is 23.2 Å². The van der Waals surface area contributed by atoms with Crippen molar-refractivity contribution in [2.45, 2.75) is 44.9 Å². The maximum atomic E-state index is 12.4. The average Bonchev–Trinajstić information content (AvgIpc) is 2.82. The Hall–Kier alpha value is -0.820. The van der Waals surface area contributed by atoms with E-state index in [1.807, 2.05) is 24.3 Å². The molecule has 4 bridgehead atoms. The molecule has 0 radical (unpaired) electrons. The normalized spacial score (nSPS) is 37.5. The fourth-order valence-corrected chi connectivity index (χ4v) is 5.80. The van der Waals surface area contributed by atoms with E-state index in [-0.39, 0.29) is 5.78 Å². The van der Waals surface area contributed by atoms with Gasteiger partial charge in [-0.05, 0) is 73.8 Å². The van der Waals surface area contributed by atoms with Crippen molar-refractivity contribution >= 4 is 17.4 Å². The molecule has 2 heteroatoms. The maximum Gasteiger partial charge on any atom is 0.164 e. The molecule has 0 spiro atoms. The van der Waals surface area contributed by atoms with Crippen LogP contribution in [0.15, 0.2) is 24.3 Å². The van der Waals surface area contributed by atoms with E-state index in [0.717, 1.165) is 24.2 Å². The van der Waals surface area contributed by atoms with Gasteiger partial charge >= 0.3 is 0 Å². The Morgan fingerprint density at radius 1 is 1.15 bits per heavy atom. The lowest BCUT2D eigenvalue weighted by Crippen LogP contribution is -2.23. The van der Waals surface area contributed by atoms with Crippen LogP contribution in [0.2, 0.25) is 5.02 Å². The summed E-state index contributed by atoms with van der Waals surface area (Å²) in [6.07, 6.45) is 8.91. The van der Waals surface area contributed by atoms with E-state index in [9.17, 15) is 4.79 Å². The Bertz CT molecular complexity index is 536. The van der Waals surface area contributed by atoms with Crippen molar-refractivity contribution in [3.63, 3.8) is 0 Å². The highest BCUT2D eigenvalue weighted by Crippen LogP contribution is 2.67. The Morgan fingerprint density at radius 2 is 1.85 bits per heavy atom. The van der Waals surface area contributed by atoms with Crippen LogP contribution in [0.5, 0.6) is 0 Å². The minimum absolute atomic E-state index is 0.233. The zero-order chi connectivity index (χ0) is 13.7. The number of carbonyl (C=O) groups excluding carboxylic acids is 1. The van der Waals surface area contributed by atoms with Crippen LogP contribution in [0.4, 0.5) is 0 Å². The van der Waals surface area contributed by atoms with Crippen molar-refractivity contribution in [3.05, 3.63) is 34.9 Å². The van der Waals surface area contributed by atoms with Crippen LogP contribution in [-0.2, 0) is 0 Å². The summed E-state index contributed by atoms with van der Waals surface area (Å²) in [6, 6.07) is 7.46. The van der Waals surface area contributed by atoms with Crippen molar-refractivity contribution < 1.29 is 4.79 Å². The van der Waals surface area contributed by atoms with E-state index in [1.165, 1.54) is 32.1 Å². The van der Waals surface area contributed by atoms with Crippen molar-refractivity contribution in [2.75, 3.05) is 0 Å². The Kier molecular flexibility index (Phi) is 2.96. The third-order valence-corrected chi connectivity index (χ3v) is 6.51. The summed E-state index contributed by atoms with van der Waals surface area (Å²) >= 11 is 6.13. The molecule has 0 heterocycles. The first-order valence-corrected chi connectivity index (χ1v) is 8.32. The van der Waals surface area contributed by atoms with Crippen molar-refractivity contribution in [1.82, 2.24) is 0 Å². The van der Waals surface area contributed by atoms with Crippen LogP contribution in [0, 0.1) is 23.2 Å². The average molecular weight is 289 g/mol. The molecule has 0 N–H and O–H groups in total.